The van der Waals surface area contributed by atoms with E-state index in [1.807, 2.05) is 0 Å². The molecule has 0 amide bonds. The number of rotatable bonds is 6. The van der Waals surface area contributed by atoms with Crippen molar-refractivity contribution in [3.8, 4) is 5.75 Å². The van der Waals surface area contributed by atoms with E-state index in [0.717, 1.165) is 37.2 Å². The van der Waals surface area contributed by atoms with Crippen molar-refractivity contribution in [1.29, 1.82) is 0 Å². The van der Waals surface area contributed by atoms with Gasteiger partial charge in [-0.15, -0.1) is 0 Å². The summed E-state index contributed by atoms with van der Waals surface area (Å²) in [6.07, 6.45) is 0.589. The highest BCUT2D eigenvalue weighted by atomic mass is 35.5. The Morgan fingerprint density at radius 2 is 1.96 bits per heavy atom. The van der Waals surface area contributed by atoms with Crippen molar-refractivity contribution in [2.45, 2.75) is 6.42 Å². The molecule has 1 fully saturated rings. The summed E-state index contributed by atoms with van der Waals surface area (Å²) in [7, 11) is 0.808. The number of nitrogens with two attached hydrogens (primary N) is 1. The maximum absolute atomic E-state index is 12.2. The molecule has 0 radical (unpaired) electrons. The Kier molecular flexibility index (Phi) is 7.15. The average Bonchev–Trinajstić information content (AvgIpc) is 2.45. The zero-order valence-corrected chi connectivity index (χ0v) is 15.8. The first kappa shape index (κ1) is 20.8. The second kappa shape index (κ2) is 8.24. The van der Waals surface area contributed by atoms with Crippen LogP contribution in [0.2, 0.25) is 0 Å². The largest absolute Gasteiger partial charge is 1.00 e. The van der Waals surface area contributed by atoms with Crippen molar-refractivity contribution in [1.82, 2.24) is 4.90 Å². The van der Waals surface area contributed by atoms with E-state index in [9.17, 15) is 13.5 Å². The van der Waals surface area contributed by atoms with Gasteiger partial charge >= 0.3 is 0 Å². The van der Waals surface area contributed by atoms with E-state index in [1.54, 1.807) is 6.07 Å². The molecule has 0 saturated carbocycles. The third kappa shape index (κ3) is 6.01. The van der Waals surface area contributed by atoms with Crippen LogP contribution in [0.25, 0.3) is 0 Å². The van der Waals surface area contributed by atoms with Crippen LogP contribution in [0.1, 0.15) is 6.42 Å². The third-order valence-corrected chi connectivity index (χ3v) is 5.80. The lowest BCUT2D eigenvalue weighted by atomic mass is 10.2. The molecule has 9 heteroatoms. The number of benzene rings is 1. The molecule has 0 atom stereocenters. The molecule has 0 aliphatic carbocycles. The van der Waals surface area contributed by atoms with E-state index in [1.165, 1.54) is 12.1 Å². The standard InChI is InChI=1S/C15H26N4O3S.ClH/c1-18-6-9-19(2,10-7-18)8-3-11-23(21,22)17-14-5-4-13(16)12-15(14)20;/h4-5,12,17H,3,6-11,16H2,1-2H3;1H. The first-order valence-corrected chi connectivity index (χ1v) is 9.45. The number of quaternary nitrogens is 1. The highest BCUT2D eigenvalue weighted by molar-refractivity contribution is 7.92. The van der Waals surface area contributed by atoms with Gasteiger partial charge < -0.3 is 27.7 Å². The van der Waals surface area contributed by atoms with Crippen LogP contribution < -0.4 is 22.9 Å². The number of nitrogens with one attached hydrogen (secondary N) is 1. The molecule has 1 aliphatic rings. The molecular weight excluding hydrogens is 352 g/mol. The Bertz CT molecular complexity index is 646. The molecule has 7 nitrogen and oxygen atoms in total. The molecule has 1 aliphatic heterocycles. The summed E-state index contributed by atoms with van der Waals surface area (Å²) in [5.41, 5.74) is 6.09. The maximum Gasteiger partial charge on any atom is 0.233 e. The molecule has 0 unspecified atom stereocenters. The fourth-order valence-electron chi connectivity index (χ4n) is 2.76. The molecule has 2 rings (SSSR count). The minimum Gasteiger partial charge on any atom is -1.00 e. The van der Waals surface area contributed by atoms with Crippen LogP contribution in [-0.4, -0.2) is 75.5 Å². The zero-order valence-electron chi connectivity index (χ0n) is 14.2. The minimum atomic E-state index is -3.48. The first-order chi connectivity index (χ1) is 10.7. The van der Waals surface area contributed by atoms with Crippen molar-refractivity contribution in [2.24, 2.45) is 0 Å². The summed E-state index contributed by atoms with van der Waals surface area (Å²) in [5.74, 6) is -0.118. The minimum absolute atomic E-state index is 0. The van der Waals surface area contributed by atoms with Crippen molar-refractivity contribution >= 4 is 21.4 Å². The van der Waals surface area contributed by atoms with Gasteiger partial charge in [0.1, 0.15) is 5.75 Å². The number of halogens is 1. The summed E-state index contributed by atoms with van der Waals surface area (Å²) in [5, 5.41) is 9.74. The highest BCUT2D eigenvalue weighted by Crippen LogP contribution is 2.26. The highest BCUT2D eigenvalue weighted by Gasteiger charge is 2.27. The fourth-order valence-corrected chi connectivity index (χ4v) is 3.88. The lowest BCUT2D eigenvalue weighted by Gasteiger charge is -2.41. The number of hydrogen-bond donors (Lipinski definition) is 3. The Labute approximate surface area is 150 Å². The zero-order chi connectivity index (χ0) is 17.1. The van der Waals surface area contributed by atoms with Crippen LogP contribution in [-0.2, 0) is 10.0 Å². The topological polar surface area (TPSA) is 95.7 Å². The summed E-state index contributed by atoms with van der Waals surface area (Å²) >= 11 is 0. The number of hydrogen-bond acceptors (Lipinski definition) is 5. The quantitative estimate of drug-likeness (QED) is 0.289. The second-order valence-corrected chi connectivity index (χ2v) is 8.49. The monoisotopic (exact) mass is 378 g/mol. The molecule has 0 aromatic heterocycles. The van der Waals surface area contributed by atoms with Gasteiger partial charge in [-0.05, 0) is 19.2 Å². The van der Waals surface area contributed by atoms with Crippen LogP contribution in [0.4, 0.5) is 11.4 Å². The summed E-state index contributed by atoms with van der Waals surface area (Å²) in [6, 6.07) is 4.35. The van der Waals surface area contributed by atoms with Gasteiger partial charge in [0.15, 0.2) is 0 Å². The predicted octanol–water partition coefficient (Wildman–Crippen LogP) is -2.50. The van der Waals surface area contributed by atoms with Crippen molar-refractivity contribution in [3.05, 3.63) is 18.2 Å². The van der Waals surface area contributed by atoms with Crippen LogP contribution >= 0.6 is 0 Å². The SMILES string of the molecule is CN1CC[N+](C)(CCCS(=O)(=O)Nc2ccc(N)cc2O)CC1.[Cl-]. The Hall–Kier alpha value is -1.22. The fraction of sp³-hybridized carbons (Fsp3) is 0.600. The molecule has 138 valence electrons. The number of piperazine rings is 1. The number of phenolic OH excluding ortho intramolecular Hbond substituents is 1. The van der Waals surface area contributed by atoms with Crippen molar-refractivity contribution in [2.75, 3.05) is 63.0 Å². The van der Waals surface area contributed by atoms with E-state index in [4.69, 9.17) is 5.73 Å². The molecule has 1 aromatic rings. The van der Waals surface area contributed by atoms with E-state index >= 15 is 0 Å². The van der Waals surface area contributed by atoms with Gasteiger partial charge in [-0.1, -0.05) is 0 Å². The van der Waals surface area contributed by atoms with Crippen molar-refractivity contribution < 1.29 is 30.4 Å². The van der Waals surface area contributed by atoms with E-state index in [-0.39, 0.29) is 29.6 Å². The van der Waals surface area contributed by atoms with Crippen LogP contribution in [0, 0.1) is 0 Å². The summed E-state index contributed by atoms with van der Waals surface area (Å²) in [6.45, 7) is 5.01. The second-order valence-electron chi connectivity index (χ2n) is 6.64. The van der Waals surface area contributed by atoms with Crippen molar-refractivity contribution in [3.63, 3.8) is 0 Å². The molecule has 0 spiro atoms. The number of likely N-dealkylation sites (N-methyl/N-ethyl adjacent to an activating group) is 2. The number of sulfonamides is 1. The number of phenols is 1. The van der Waals surface area contributed by atoms with Gasteiger partial charge in [-0.2, -0.15) is 0 Å². The third-order valence-electron chi connectivity index (χ3n) is 4.44. The van der Waals surface area contributed by atoms with Crippen LogP contribution in [0.3, 0.4) is 0 Å². The Balaban J connectivity index is 0.00000288. The van der Waals surface area contributed by atoms with Gasteiger partial charge in [0, 0.05) is 31.3 Å². The number of nitrogens with zero attached hydrogens (tertiary/aromatic N) is 2. The lowest BCUT2D eigenvalue weighted by molar-refractivity contribution is -0.913. The van der Waals surface area contributed by atoms with Crippen LogP contribution in [0.15, 0.2) is 18.2 Å². The Morgan fingerprint density at radius 3 is 2.54 bits per heavy atom. The molecular formula is C15H27ClN4O3S. The van der Waals surface area contributed by atoms with E-state index in [0.29, 0.717) is 12.1 Å². The maximum atomic E-state index is 12.2. The number of nitrogen functional groups attached to an aromatic ring is 1. The Morgan fingerprint density at radius 1 is 1.33 bits per heavy atom. The first-order valence-electron chi connectivity index (χ1n) is 7.80. The molecule has 1 aromatic carbocycles. The molecule has 24 heavy (non-hydrogen) atoms. The smallest absolute Gasteiger partial charge is 0.233 e. The summed E-state index contributed by atoms with van der Waals surface area (Å²) < 4.78 is 27.7. The van der Waals surface area contributed by atoms with E-state index in [2.05, 4.69) is 23.7 Å². The predicted molar refractivity (Wildman–Crippen MR) is 92.8 cm³/mol. The normalized spacial score (nSPS) is 17.9. The van der Waals surface area contributed by atoms with Gasteiger partial charge in [0.05, 0.1) is 38.1 Å². The van der Waals surface area contributed by atoms with Gasteiger partial charge in [-0.25, -0.2) is 8.42 Å². The molecule has 1 heterocycles. The van der Waals surface area contributed by atoms with Gasteiger partial charge in [0.2, 0.25) is 10.0 Å². The number of aromatic hydroxyl groups is 1. The summed E-state index contributed by atoms with van der Waals surface area (Å²) in [4.78, 5) is 2.29. The average molecular weight is 379 g/mol. The molecule has 0 bridgehead atoms. The molecule has 4 N–H and O–H groups in total. The van der Waals surface area contributed by atoms with Gasteiger partial charge in [-0.3, -0.25) is 9.62 Å². The molecule has 1 saturated heterocycles. The number of anilines is 2. The van der Waals surface area contributed by atoms with E-state index < -0.39 is 10.0 Å². The van der Waals surface area contributed by atoms with Gasteiger partial charge in [0.25, 0.3) is 0 Å². The lowest BCUT2D eigenvalue weighted by Crippen LogP contribution is -3.00. The van der Waals surface area contributed by atoms with Crippen LogP contribution in [0.5, 0.6) is 5.75 Å².